The number of nitrogens with one attached hydrogen (secondary N) is 1. The van der Waals surface area contributed by atoms with Crippen molar-refractivity contribution in [2.45, 2.75) is 32.8 Å². The summed E-state index contributed by atoms with van der Waals surface area (Å²) in [4.78, 5) is 13.8. The third-order valence-electron chi connectivity index (χ3n) is 3.91. The van der Waals surface area contributed by atoms with E-state index in [0.29, 0.717) is 44.5 Å². The Labute approximate surface area is 143 Å². The van der Waals surface area contributed by atoms with E-state index in [2.05, 4.69) is 19.2 Å². The van der Waals surface area contributed by atoms with Crippen molar-refractivity contribution in [1.29, 1.82) is 0 Å². The molecule has 0 unspecified atom stereocenters. The van der Waals surface area contributed by atoms with Crippen molar-refractivity contribution in [3.05, 3.63) is 30.1 Å². The van der Waals surface area contributed by atoms with Crippen LogP contribution in [0.25, 0.3) is 0 Å². The van der Waals surface area contributed by atoms with Crippen molar-refractivity contribution in [2.75, 3.05) is 32.8 Å². The highest BCUT2D eigenvalue weighted by Crippen LogP contribution is 2.14. The van der Waals surface area contributed by atoms with Crippen molar-refractivity contribution in [1.82, 2.24) is 10.2 Å². The number of hydrogen-bond donors (Lipinski definition) is 1. The van der Waals surface area contributed by atoms with Gasteiger partial charge in [0.25, 0.3) is 0 Å². The largest absolute Gasteiger partial charge is 0.491 e. The lowest BCUT2D eigenvalue weighted by atomic mass is 10.1. The molecule has 1 aliphatic rings. The molecule has 0 atom stereocenters. The van der Waals surface area contributed by atoms with Crippen molar-refractivity contribution in [3.63, 3.8) is 0 Å². The molecule has 1 aromatic rings. The number of amides is 2. The van der Waals surface area contributed by atoms with Gasteiger partial charge >= 0.3 is 6.03 Å². The monoisotopic (exact) mass is 338 g/mol. The number of halogens is 1. The fourth-order valence-electron chi connectivity index (χ4n) is 2.53. The summed E-state index contributed by atoms with van der Waals surface area (Å²) in [7, 11) is 0. The van der Waals surface area contributed by atoms with Crippen molar-refractivity contribution in [2.24, 2.45) is 5.92 Å². The number of carbonyl (C=O) groups excluding carboxylic acids is 1. The minimum Gasteiger partial charge on any atom is -0.491 e. The van der Waals surface area contributed by atoms with Crippen molar-refractivity contribution < 1.29 is 18.7 Å². The van der Waals surface area contributed by atoms with Gasteiger partial charge in [-0.15, -0.1) is 0 Å². The van der Waals surface area contributed by atoms with E-state index in [0.717, 1.165) is 12.8 Å². The van der Waals surface area contributed by atoms with Crippen molar-refractivity contribution in [3.8, 4) is 5.75 Å². The number of rotatable bonds is 7. The molecule has 1 saturated heterocycles. The molecule has 6 heteroatoms. The number of likely N-dealkylation sites (tertiary alicyclic amines) is 1. The Morgan fingerprint density at radius 3 is 2.54 bits per heavy atom. The second-order valence-corrected chi connectivity index (χ2v) is 6.44. The summed E-state index contributed by atoms with van der Waals surface area (Å²) in [6.45, 7) is 7.21. The molecule has 0 aromatic heterocycles. The van der Waals surface area contributed by atoms with Gasteiger partial charge in [-0.3, -0.25) is 0 Å². The Balaban J connectivity index is 1.58. The molecule has 2 rings (SSSR count). The van der Waals surface area contributed by atoms with E-state index >= 15 is 0 Å². The standard InChI is InChI=1S/C18H27FN2O3/c1-14(2)13-20-18(22)21-9-7-17(8-10-21)24-12-11-23-16-5-3-15(19)4-6-16/h3-6,14,17H,7-13H2,1-2H3,(H,20,22). The van der Waals surface area contributed by atoms with E-state index in [-0.39, 0.29) is 18.0 Å². The first-order valence-corrected chi connectivity index (χ1v) is 8.57. The molecule has 0 saturated carbocycles. The zero-order valence-electron chi connectivity index (χ0n) is 14.5. The minimum atomic E-state index is -0.275. The molecule has 1 heterocycles. The van der Waals surface area contributed by atoms with Crippen LogP contribution < -0.4 is 10.1 Å². The average Bonchev–Trinajstić information content (AvgIpc) is 2.58. The zero-order chi connectivity index (χ0) is 17.4. The van der Waals surface area contributed by atoms with Crippen LogP contribution in [0.15, 0.2) is 24.3 Å². The van der Waals surface area contributed by atoms with Crippen LogP contribution in [0.1, 0.15) is 26.7 Å². The summed E-state index contributed by atoms with van der Waals surface area (Å²) in [6.07, 6.45) is 1.84. The van der Waals surface area contributed by atoms with Crippen LogP contribution in [0.2, 0.25) is 0 Å². The summed E-state index contributed by atoms with van der Waals surface area (Å²) in [5.74, 6) is 0.815. The number of piperidine rings is 1. The fraction of sp³-hybridized carbons (Fsp3) is 0.611. The third-order valence-corrected chi connectivity index (χ3v) is 3.91. The zero-order valence-corrected chi connectivity index (χ0v) is 14.5. The van der Waals surface area contributed by atoms with Gasteiger partial charge in [-0.1, -0.05) is 13.8 Å². The second-order valence-electron chi connectivity index (χ2n) is 6.44. The van der Waals surface area contributed by atoms with Gasteiger partial charge in [0, 0.05) is 19.6 Å². The van der Waals surface area contributed by atoms with Gasteiger partial charge in [0.1, 0.15) is 18.2 Å². The van der Waals surface area contributed by atoms with Crippen LogP contribution in [0.4, 0.5) is 9.18 Å². The number of urea groups is 1. The molecule has 1 N–H and O–H groups in total. The Hall–Kier alpha value is -1.82. The molecule has 5 nitrogen and oxygen atoms in total. The molecule has 1 aromatic carbocycles. The molecule has 0 bridgehead atoms. The topological polar surface area (TPSA) is 50.8 Å². The van der Waals surface area contributed by atoms with Crippen LogP contribution in [-0.2, 0) is 4.74 Å². The molecular weight excluding hydrogens is 311 g/mol. The Kier molecular flexibility index (Phi) is 7.31. The Bertz CT molecular complexity index is 499. The molecule has 2 amide bonds. The van der Waals surface area contributed by atoms with E-state index in [9.17, 15) is 9.18 Å². The van der Waals surface area contributed by atoms with Crippen LogP contribution in [-0.4, -0.2) is 49.9 Å². The maximum Gasteiger partial charge on any atom is 0.317 e. The highest BCUT2D eigenvalue weighted by Gasteiger charge is 2.23. The van der Waals surface area contributed by atoms with E-state index in [1.807, 2.05) is 4.90 Å². The average molecular weight is 338 g/mol. The van der Waals surface area contributed by atoms with E-state index in [4.69, 9.17) is 9.47 Å². The molecule has 0 radical (unpaired) electrons. The summed E-state index contributed by atoms with van der Waals surface area (Å²) in [6, 6.07) is 5.96. The van der Waals surface area contributed by atoms with Crippen LogP contribution in [0.3, 0.4) is 0 Å². The van der Waals surface area contributed by atoms with Crippen LogP contribution >= 0.6 is 0 Å². The van der Waals surface area contributed by atoms with Gasteiger partial charge < -0.3 is 19.7 Å². The Morgan fingerprint density at radius 2 is 1.92 bits per heavy atom. The first-order valence-electron chi connectivity index (χ1n) is 8.57. The third kappa shape index (κ3) is 6.35. The van der Waals surface area contributed by atoms with Gasteiger partial charge in [0.15, 0.2) is 0 Å². The minimum absolute atomic E-state index is 0.0155. The molecule has 0 spiro atoms. The molecule has 134 valence electrons. The van der Waals surface area contributed by atoms with E-state index in [1.54, 1.807) is 12.1 Å². The lowest BCUT2D eigenvalue weighted by molar-refractivity contribution is 0.00185. The molecule has 1 fully saturated rings. The lowest BCUT2D eigenvalue weighted by Gasteiger charge is -2.32. The predicted molar refractivity (Wildman–Crippen MR) is 90.7 cm³/mol. The maximum atomic E-state index is 12.8. The van der Waals surface area contributed by atoms with Gasteiger partial charge in [-0.25, -0.2) is 9.18 Å². The van der Waals surface area contributed by atoms with Crippen LogP contribution in [0.5, 0.6) is 5.75 Å². The summed E-state index contributed by atoms with van der Waals surface area (Å²) < 4.78 is 24.1. The highest BCUT2D eigenvalue weighted by molar-refractivity contribution is 5.74. The van der Waals surface area contributed by atoms with Gasteiger partial charge in [0.05, 0.1) is 12.7 Å². The first-order chi connectivity index (χ1) is 11.5. The van der Waals surface area contributed by atoms with Gasteiger partial charge in [-0.05, 0) is 43.0 Å². The predicted octanol–water partition coefficient (Wildman–Crippen LogP) is 3.05. The van der Waals surface area contributed by atoms with Gasteiger partial charge in [-0.2, -0.15) is 0 Å². The maximum absolute atomic E-state index is 12.8. The molecular formula is C18H27FN2O3. The number of ether oxygens (including phenoxy) is 2. The smallest absolute Gasteiger partial charge is 0.317 e. The van der Waals surface area contributed by atoms with Crippen LogP contribution in [0, 0.1) is 11.7 Å². The summed E-state index contributed by atoms with van der Waals surface area (Å²) in [5.41, 5.74) is 0. The Morgan fingerprint density at radius 1 is 1.25 bits per heavy atom. The quantitative estimate of drug-likeness (QED) is 0.778. The van der Waals surface area contributed by atoms with E-state index in [1.165, 1.54) is 12.1 Å². The highest BCUT2D eigenvalue weighted by atomic mass is 19.1. The summed E-state index contributed by atoms with van der Waals surface area (Å²) >= 11 is 0. The normalized spacial score (nSPS) is 15.6. The first kappa shape index (κ1) is 18.5. The lowest BCUT2D eigenvalue weighted by Crippen LogP contribution is -2.46. The fourth-order valence-corrected chi connectivity index (χ4v) is 2.53. The number of benzene rings is 1. The van der Waals surface area contributed by atoms with Gasteiger partial charge in [0.2, 0.25) is 0 Å². The molecule has 24 heavy (non-hydrogen) atoms. The molecule has 1 aliphatic heterocycles. The number of carbonyl (C=O) groups is 1. The van der Waals surface area contributed by atoms with Crippen molar-refractivity contribution >= 4 is 6.03 Å². The second kappa shape index (κ2) is 9.47. The number of nitrogens with zero attached hydrogens (tertiary/aromatic N) is 1. The van der Waals surface area contributed by atoms with E-state index < -0.39 is 0 Å². The SMILES string of the molecule is CC(C)CNC(=O)N1CCC(OCCOc2ccc(F)cc2)CC1. The molecule has 0 aliphatic carbocycles. The summed E-state index contributed by atoms with van der Waals surface area (Å²) in [5, 5.41) is 2.94. The number of hydrogen-bond acceptors (Lipinski definition) is 3.